The lowest BCUT2D eigenvalue weighted by molar-refractivity contribution is -0.384. The molecule has 0 radical (unpaired) electrons. The second-order valence-electron chi connectivity index (χ2n) is 4.55. The van der Waals surface area contributed by atoms with Gasteiger partial charge in [0, 0.05) is 27.2 Å². The minimum Gasteiger partial charge on any atom is -0.325 e. The van der Waals surface area contributed by atoms with Gasteiger partial charge in [0.05, 0.1) is 10.7 Å². The summed E-state index contributed by atoms with van der Waals surface area (Å²) in [5.74, 6) is 0.119. The van der Waals surface area contributed by atoms with Gasteiger partial charge in [-0.25, -0.2) is 0 Å². The van der Waals surface area contributed by atoms with Crippen molar-refractivity contribution < 1.29 is 9.72 Å². The Morgan fingerprint density at radius 2 is 1.95 bits per heavy atom. The fraction of sp³-hybridized carbons (Fsp3) is 0.133. The number of anilines is 1. The molecule has 0 aliphatic rings. The first-order chi connectivity index (χ1) is 10.5. The number of hydrogen-bond acceptors (Lipinski definition) is 4. The number of hydrogen-bond donors (Lipinski definition) is 1. The van der Waals surface area contributed by atoms with Crippen molar-refractivity contribution in [2.75, 3.05) is 11.1 Å². The van der Waals surface area contributed by atoms with Crippen LogP contribution in [0.15, 0.2) is 51.8 Å². The van der Waals surface area contributed by atoms with Crippen LogP contribution in [0.25, 0.3) is 0 Å². The smallest absolute Gasteiger partial charge is 0.269 e. The van der Waals surface area contributed by atoms with Crippen LogP contribution < -0.4 is 5.32 Å². The highest BCUT2D eigenvalue weighted by molar-refractivity contribution is 9.10. The highest BCUT2D eigenvalue weighted by Crippen LogP contribution is 2.23. The molecule has 0 bridgehead atoms. The number of non-ortho nitro benzene ring substituents is 1. The summed E-state index contributed by atoms with van der Waals surface area (Å²) in [6, 6.07) is 11.8. The van der Waals surface area contributed by atoms with Gasteiger partial charge in [-0.15, -0.1) is 11.8 Å². The van der Waals surface area contributed by atoms with Crippen molar-refractivity contribution >= 4 is 45.0 Å². The van der Waals surface area contributed by atoms with Crippen LogP contribution in [0, 0.1) is 17.0 Å². The number of halogens is 1. The third-order valence-electron chi connectivity index (χ3n) is 2.89. The molecular formula is C15H13BrN2O3S. The molecule has 0 fully saturated rings. The molecule has 2 aromatic rings. The summed E-state index contributed by atoms with van der Waals surface area (Å²) in [6.45, 7) is 1.92. The maximum atomic E-state index is 12.0. The van der Waals surface area contributed by atoms with Gasteiger partial charge in [0.15, 0.2) is 0 Å². The highest BCUT2D eigenvalue weighted by atomic mass is 79.9. The number of carbonyl (C=O) groups is 1. The predicted molar refractivity (Wildman–Crippen MR) is 91.3 cm³/mol. The Hall–Kier alpha value is -1.86. The zero-order valence-corrected chi connectivity index (χ0v) is 14.1. The van der Waals surface area contributed by atoms with Gasteiger partial charge in [0.1, 0.15) is 0 Å². The Morgan fingerprint density at radius 3 is 2.59 bits per heavy atom. The van der Waals surface area contributed by atoms with Crippen molar-refractivity contribution in [2.24, 2.45) is 0 Å². The van der Waals surface area contributed by atoms with Crippen molar-refractivity contribution in [3.8, 4) is 0 Å². The molecule has 114 valence electrons. The quantitative estimate of drug-likeness (QED) is 0.474. The Labute approximate surface area is 140 Å². The van der Waals surface area contributed by atoms with E-state index in [4.69, 9.17) is 0 Å². The average Bonchev–Trinajstić information content (AvgIpc) is 2.49. The van der Waals surface area contributed by atoms with E-state index in [1.54, 1.807) is 12.1 Å². The molecule has 2 aromatic carbocycles. The summed E-state index contributed by atoms with van der Waals surface area (Å²) in [7, 11) is 0. The van der Waals surface area contributed by atoms with Gasteiger partial charge in [-0.05, 0) is 36.8 Å². The number of nitro groups is 1. The first kappa shape index (κ1) is 16.5. The molecule has 1 N–H and O–H groups in total. The first-order valence-corrected chi connectivity index (χ1v) is 8.17. The molecule has 0 aliphatic heterocycles. The van der Waals surface area contributed by atoms with Gasteiger partial charge in [-0.2, -0.15) is 0 Å². The molecule has 0 saturated heterocycles. The zero-order chi connectivity index (χ0) is 16.1. The first-order valence-electron chi connectivity index (χ1n) is 6.39. The third-order valence-corrected chi connectivity index (χ3v) is 4.40. The lowest BCUT2D eigenvalue weighted by Crippen LogP contribution is -2.14. The Morgan fingerprint density at radius 1 is 1.27 bits per heavy atom. The molecular weight excluding hydrogens is 368 g/mol. The second-order valence-corrected chi connectivity index (χ2v) is 6.51. The van der Waals surface area contributed by atoms with Crippen LogP contribution in [0.5, 0.6) is 0 Å². The van der Waals surface area contributed by atoms with E-state index in [1.165, 1.54) is 23.9 Å². The fourth-order valence-electron chi connectivity index (χ4n) is 1.73. The van der Waals surface area contributed by atoms with E-state index in [-0.39, 0.29) is 17.3 Å². The van der Waals surface area contributed by atoms with Crippen molar-refractivity contribution in [1.29, 1.82) is 0 Å². The van der Waals surface area contributed by atoms with E-state index in [1.807, 2.05) is 25.1 Å². The van der Waals surface area contributed by atoms with E-state index in [0.717, 1.165) is 20.6 Å². The monoisotopic (exact) mass is 380 g/mol. The summed E-state index contributed by atoms with van der Waals surface area (Å²) in [5.41, 5.74) is 1.79. The third kappa shape index (κ3) is 4.57. The minimum absolute atomic E-state index is 0.0403. The van der Waals surface area contributed by atoms with Gasteiger partial charge >= 0.3 is 0 Å². The van der Waals surface area contributed by atoms with Crippen LogP contribution in [0.1, 0.15) is 5.56 Å². The molecule has 5 nitrogen and oxygen atoms in total. The van der Waals surface area contributed by atoms with Crippen LogP contribution in [0.4, 0.5) is 11.4 Å². The topological polar surface area (TPSA) is 72.2 Å². The summed E-state index contributed by atoms with van der Waals surface area (Å²) < 4.78 is 0.899. The van der Waals surface area contributed by atoms with Gasteiger partial charge in [0.25, 0.3) is 5.69 Å². The van der Waals surface area contributed by atoms with Gasteiger partial charge in [0.2, 0.25) is 5.91 Å². The highest BCUT2D eigenvalue weighted by Gasteiger charge is 2.08. The second kappa shape index (κ2) is 7.42. The van der Waals surface area contributed by atoms with Crippen molar-refractivity contribution in [3.05, 3.63) is 62.6 Å². The molecule has 0 aromatic heterocycles. The van der Waals surface area contributed by atoms with E-state index < -0.39 is 4.92 Å². The Balaban J connectivity index is 1.92. The standard InChI is InChI=1S/C15H13BrN2O3S/c1-10-2-3-11(16)8-14(10)17-15(19)9-22-13-6-4-12(5-7-13)18(20)21/h2-8H,9H2,1H3,(H,17,19). The van der Waals surface area contributed by atoms with Crippen LogP contribution in [0.3, 0.4) is 0 Å². The van der Waals surface area contributed by atoms with Gasteiger partial charge in [-0.3, -0.25) is 14.9 Å². The summed E-state index contributed by atoms with van der Waals surface area (Å²) >= 11 is 4.70. The van der Waals surface area contributed by atoms with Gasteiger partial charge in [-0.1, -0.05) is 22.0 Å². The van der Waals surface area contributed by atoms with Crippen LogP contribution in [0.2, 0.25) is 0 Å². The Kier molecular flexibility index (Phi) is 5.57. The lowest BCUT2D eigenvalue weighted by Gasteiger charge is -2.08. The average molecular weight is 381 g/mol. The van der Waals surface area contributed by atoms with Crippen LogP contribution in [-0.4, -0.2) is 16.6 Å². The summed E-state index contributed by atoms with van der Waals surface area (Å²) in [4.78, 5) is 22.9. The normalized spacial score (nSPS) is 10.3. The number of rotatable bonds is 5. The molecule has 0 saturated carbocycles. The molecule has 2 rings (SSSR count). The van der Waals surface area contributed by atoms with E-state index in [0.29, 0.717) is 0 Å². The van der Waals surface area contributed by atoms with Crippen molar-refractivity contribution in [3.63, 3.8) is 0 Å². The number of thioether (sulfide) groups is 1. The fourth-order valence-corrected chi connectivity index (χ4v) is 2.79. The molecule has 0 spiro atoms. The number of carbonyl (C=O) groups excluding carboxylic acids is 1. The number of aryl methyl sites for hydroxylation is 1. The largest absolute Gasteiger partial charge is 0.325 e. The number of benzene rings is 2. The molecule has 22 heavy (non-hydrogen) atoms. The van der Waals surface area contributed by atoms with Crippen molar-refractivity contribution in [2.45, 2.75) is 11.8 Å². The van der Waals surface area contributed by atoms with E-state index in [9.17, 15) is 14.9 Å². The maximum absolute atomic E-state index is 12.0. The molecule has 0 unspecified atom stereocenters. The predicted octanol–water partition coefficient (Wildman–Crippen LogP) is 4.40. The molecule has 7 heteroatoms. The molecule has 0 aliphatic carbocycles. The summed E-state index contributed by atoms with van der Waals surface area (Å²) in [5, 5.41) is 13.4. The van der Waals surface area contributed by atoms with Gasteiger partial charge < -0.3 is 5.32 Å². The SMILES string of the molecule is Cc1ccc(Br)cc1NC(=O)CSc1ccc([N+](=O)[O-])cc1. The van der Waals surface area contributed by atoms with Crippen LogP contribution >= 0.6 is 27.7 Å². The van der Waals surface area contributed by atoms with E-state index in [2.05, 4.69) is 21.2 Å². The number of nitro benzene ring substituents is 1. The Bertz CT molecular complexity index is 704. The number of amides is 1. The zero-order valence-electron chi connectivity index (χ0n) is 11.7. The molecule has 0 atom stereocenters. The number of nitrogens with zero attached hydrogens (tertiary/aromatic N) is 1. The van der Waals surface area contributed by atoms with Crippen LogP contribution in [-0.2, 0) is 4.79 Å². The van der Waals surface area contributed by atoms with Crippen molar-refractivity contribution in [1.82, 2.24) is 0 Å². The minimum atomic E-state index is -0.447. The van der Waals surface area contributed by atoms with E-state index >= 15 is 0 Å². The summed E-state index contributed by atoms with van der Waals surface area (Å²) in [6.07, 6.45) is 0. The molecule has 1 amide bonds. The molecule has 0 heterocycles. The maximum Gasteiger partial charge on any atom is 0.269 e. The lowest BCUT2D eigenvalue weighted by atomic mass is 10.2. The number of nitrogens with one attached hydrogen (secondary N) is 1.